The first-order valence-electron chi connectivity index (χ1n) is 33.7. The molecule has 9 aromatic carbocycles. The molecule has 0 aliphatic carbocycles. The lowest BCUT2D eigenvalue weighted by molar-refractivity contribution is 0.0738. The minimum Gasteiger partial charge on any atom is -0.505 e. The van der Waals surface area contributed by atoms with Crippen LogP contribution in [0, 0.1) is 22.5 Å². The molecule has 496 valence electrons. The van der Waals surface area contributed by atoms with Crippen molar-refractivity contribution in [2.24, 2.45) is 10.8 Å². The monoisotopic (exact) mass is 1280 g/mol. The second kappa shape index (κ2) is 23.7. The summed E-state index contributed by atoms with van der Waals surface area (Å²) < 4.78 is 37.3. The number of para-hydroxylation sites is 1. The molecule has 11 rings (SSSR count). The molecule has 0 aliphatic rings. The average Bonchev–Trinajstić information content (AvgIpc) is 1.63. The quantitative estimate of drug-likeness (QED) is 0.113. The summed E-state index contributed by atoms with van der Waals surface area (Å²) in [5.74, 6) is -0.926. The van der Waals surface area contributed by atoms with Gasteiger partial charge in [0.25, 0.3) is 0 Å². The standard InChI is InChI=1S/C86H99F2N3O4/c1-79(2,3)50-85(19,20)56-44-67(77(92)73(46-56)89-69-34-28-52(81(7,8)9)40-61(69)62-41-53(82(10,11)12)29-35-70(62)89)65-48-58(87)32-38-75(65)94-91(60-26-24-23-25-27-60)95-76-39-33-59(88)49-66(76)68-45-57(86(21,22)51-80(4,5)6)47-74(78(68)93)90-71-36-30-54(83(13,14)15)42-63(71)64-43-55(84(16,17)18)31-37-72(64)90/h23-49,92-93H,50-51H2,1-22H3. The van der Waals surface area contributed by atoms with E-state index in [9.17, 15) is 10.2 Å². The Morgan fingerprint density at radius 3 is 0.926 bits per heavy atom. The Balaban J connectivity index is 1.12. The SMILES string of the molecule is CC(C)(C)CC(C)(C)c1cc(-c2cc(F)ccc2ON(Oc2ccc(F)cc2-c2cc(C(C)(C)CC(C)(C)C)cc(-n3c4ccc(C(C)(C)C)cc4c4cc(C(C)(C)C)ccc43)c2O)c2ccccc2)c(O)c(-n2c3ccc(C(C)(C)C)cc3c3cc(C(C)(C)C)ccc32)c1. The van der Waals surface area contributed by atoms with Crippen LogP contribution in [0.25, 0.3) is 77.2 Å². The second-order valence-corrected chi connectivity index (χ2v) is 34.7. The largest absolute Gasteiger partial charge is 0.505 e. The molecular weight excluding hydrogens is 1180 g/mol. The maximum Gasteiger partial charge on any atom is 0.167 e. The summed E-state index contributed by atoms with van der Waals surface area (Å²) in [5, 5.41) is 32.2. The summed E-state index contributed by atoms with van der Waals surface area (Å²) in [6.07, 6.45) is 1.57. The van der Waals surface area contributed by atoms with Crippen LogP contribution in [0.1, 0.15) is 199 Å². The van der Waals surface area contributed by atoms with E-state index in [1.807, 2.05) is 42.5 Å². The van der Waals surface area contributed by atoms with Crippen LogP contribution in [0.3, 0.4) is 0 Å². The van der Waals surface area contributed by atoms with E-state index in [4.69, 9.17) is 9.68 Å². The lowest BCUT2D eigenvalue weighted by atomic mass is 9.71. The van der Waals surface area contributed by atoms with Gasteiger partial charge in [-0.3, -0.25) is 0 Å². The van der Waals surface area contributed by atoms with Crippen LogP contribution in [0.2, 0.25) is 0 Å². The van der Waals surface area contributed by atoms with Crippen molar-refractivity contribution in [1.29, 1.82) is 0 Å². The van der Waals surface area contributed by atoms with Crippen LogP contribution in [0.4, 0.5) is 14.5 Å². The van der Waals surface area contributed by atoms with Gasteiger partial charge in [0.2, 0.25) is 0 Å². The third-order valence-electron chi connectivity index (χ3n) is 19.0. The predicted octanol–water partition coefficient (Wildman–Crippen LogP) is 24.3. The van der Waals surface area contributed by atoms with Gasteiger partial charge in [0.1, 0.15) is 28.8 Å². The number of phenolic OH excluding ortho intramolecular Hbond substituents is 2. The highest BCUT2D eigenvalue weighted by Crippen LogP contribution is 2.51. The number of hydrogen-bond donors (Lipinski definition) is 2. The van der Waals surface area contributed by atoms with Crippen molar-refractivity contribution in [2.75, 3.05) is 5.23 Å². The third kappa shape index (κ3) is 13.6. The Morgan fingerprint density at radius 2 is 0.642 bits per heavy atom. The molecule has 0 saturated heterocycles. The van der Waals surface area contributed by atoms with Gasteiger partial charge in [-0.2, -0.15) is 0 Å². The zero-order chi connectivity index (χ0) is 69.2. The maximum absolute atomic E-state index is 16.5. The number of aromatic nitrogens is 2. The fourth-order valence-corrected chi connectivity index (χ4v) is 14.5. The van der Waals surface area contributed by atoms with Gasteiger partial charge in [0.05, 0.1) is 33.4 Å². The van der Waals surface area contributed by atoms with Crippen LogP contribution < -0.4 is 14.9 Å². The Bertz CT molecular complexity index is 4340. The Hall–Kier alpha value is -8.56. The number of phenols is 2. The third-order valence-corrected chi connectivity index (χ3v) is 19.0. The normalized spacial score (nSPS) is 13.2. The van der Waals surface area contributed by atoms with E-state index in [0.29, 0.717) is 28.2 Å². The van der Waals surface area contributed by atoms with Crippen molar-refractivity contribution in [3.8, 4) is 56.6 Å². The Morgan fingerprint density at radius 1 is 0.337 bits per heavy atom. The van der Waals surface area contributed by atoms with E-state index in [1.165, 1.54) is 51.7 Å². The zero-order valence-electron chi connectivity index (χ0n) is 60.3. The first-order chi connectivity index (χ1) is 44.0. The minimum atomic E-state index is -0.546. The molecule has 0 bridgehead atoms. The van der Waals surface area contributed by atoms with Gasteiger partial charge >= 0.3 is 0 Å². The van der Waals surface area contributed by atoms with Gasteiger partial charge in [-0.25, -0.2) is 8.78 Å². The molecule has 11 aromatic rings. The topological polar surface area (TPSA) is 72.0 Å². The van der Waals surface area contributed by atoms with E-state index >= 15 is 8.78 Å². The molecular formula is C86H99F2N3O4. The fourth-order valence-electron chi connectivity index (χ4n) is 14.5. The van der Waals surface area contributed by atoms with Crippen LogP contribution >= 0.6 is 0 Å². The van der Waals surface area contributed by atoms with E-state index in [1.54, 1.807) is 12.1 Å². The summed E-state index contributed by atoms with van der Waals surface area (Å²) in [6, 6.07) is 52.4. The Kier molecular flexibility index (Phi) is 16.9. The van der Waals surface area contributed by atoms with Gasteiger partial charge in [-0.05, 0) is 216 Å². The lowest BCUT2D eigenvalue weighted by Gasteiger charge is -2.34. The van der Waals surface area contributed by atoms with Crippen LogP contribution in [-0.2, 0) is 32.5 Å². The van der Waals surface area contributed by atoms with Crippen molar-refractivity contribution in [3.63, 3.8) is 0 Å². The number of benzene rings is 9. The highest BCUT2D eigenvalue weighted by molar-refractivity contribution is 6.11. The smallest absolute Gasteiger partial charge is 0.167 e. The first kappa shape index (κ1) is 67.8. The van der Waals surface area contributed by atoms with E-state index in [2.05, 4.69) is 246 Å². The number of rotatable bonds is 13. The molecule has 0 fully saturated rings. The van der Waals surface area contributed by atoms with Gasteiger partial charge in [-0.1, -0.05) is 195 Å². The summed E-state index contributed by atoms with van der Waals surface area (Å²) in [5.41, 5.74) is 11.4. The number of anilines is 1. The number of halogens is 2. The predicted molar refractivity (Wildman–Crippen MR) is 395 cm³/mol. The van der Waals surface area contributed by atoms with E-state index in [-0.39, 0.29) is 66.6 Å². The van der Waals surface area contributed by atoms with Crippen molar-refractivity contribution in [1.82, 2.24) is 9.13 Å². The molecule has 0 aliphatic heterocycles. The molecule has 0 unspecified atom stereocenters. The molecule has 9 heteroatoms. The molecule has 2 heterocycles. The molecule has 2 aromatic heterocycles. The van der Waals surface area contributed by atoms with Crippen molar-refractivity contribution in [3.05, 3.63) is 209 Å². The Labute approximate surface area is 563 Å². The molecule has 0 spiro atoms. The van der Waals surface area contributed by atoms with Gasteiger partial charge in [-0.15, -0.1) is 0 Å². The van der Waals surface area contributed by atoms with Crippen LogP contribution in [0.15, 0.2) is 164 Å². The van der Waals surface area contributed by atoms with Crippen LogP contribution in [0.5, 0.6) is 23.0 Å². The van der Waals surface area contributed by atoms with E-state index in [0.717, 1.165) is 67.6 Å². The zero-order valence-corrected chi connectivity index (χ0v) is 60.3. The molecule has 0 atom stereocenters. The molecule has 2 N–H and O–H groups in total. The molecule has 7 nitrogen and oxygen atoms in total. The highest BCUT2D eigenvalue weighted by Gasteiger charge is 2.35. The van der Waals surface area contributed by atoms with Crippen LogP contribution in [-0.4, -0.2) is 19.3 Å². The molecule has 0 saturated carbocycles. The van der Waals surface area contributed by atoms with Gasteiger partial charge < -0.3 is 29.0 Å². The second-order valence-electron chi connectivity index (χ2n) is 34.7. The van der Waals surface area contributed by atoms with Crippen molar-refractivity contribution in [2.45, 2.75) is 198 Å². The lowest BCUT2D eigenvalue weighted by Crippen LogP contribution is -2.31. The fraction of sp³-hybridized carbons (Fsp3) is 0.372. The number of fused-ring (bicyclic) bond motifs is 6. The summed E-state index contributed by atoms with van der Waals surface area (Å²) in [6.45, 7) is 48.9. The van der Waals surface area contributed by atoms with Crippen molar-refractivity contribution >= 4 is 49.3 Å². The highest BCUT2D eigenvalue weighted by atomic mass is 19.1. The molecule has 95 heavy (non-hydrogen) atoms. The summed E-state index contributed by atoms with van der Waals surface area (Å²) >= 11 is 0. The summed E-state index contributed by atoms with van der Waals surface area (Å²) in [4.78, 5) is 14.1. The average molecular weight is 1280 g/mol. The van der Waals surface area contributed by atoms with E-state index < -0.39 is 22.5 Å². The van der Waals surface area contributed by atoms with Crippen molar-refractivity contribution < 1.29 is 28.7 Å². The maximum atomic E-state index is 16.5. The first-order valence-corrected chi connectivity index (χ1v) is 33.7. The number of aromatic hydroxyl groups is 2. The molecule has 0 radical (unpaired) electrons. The van der Waals surface area contributed by atoms with Gasteiger partial charge in [0, 0.05) is 43.8 Å². The summed E-state index contributed by atoms with van der Waals surface area (Å²) in [7, 11) is 0. The number of hydrogen-bond acceptors (Lipinski definition) is 5. The van der Waals surface area contributed by atoms with Gasteiger partial charge in [0.15, 0.2) is 11.5 Å². The number of nitrogens with zero attached hydrogens (tertiary/aromatic N) is 3. The minimum absolute atomic E-state index is 0.0737. The molecule has 0 amide bonds.